The summed E-state index contributed by atoms with van der Waals surface area (Å²) in [6.07, 6.45) is 3.30. The third-order valence-corrected chi connectivity index (χ3v) is 1.27. The first-order valence-electron chi connectivity index (χ1n) is 3.09. The minimum Gasteiger partial charge on any atom is -0.458 e. The van der Waals surface area contributed by atoms with Gasteiger partial charge in [0.25, 0.3) is 0 Å². The van der Waals surface area contributed by atoms with Gasteiger partial charge in [-0.05, 0) is 6.42 Å². The largest absolute Gasteiger partial charge is 0.458 e. The minimum absolute atomic E-state index is 0.205. The molecular weight excluding hydrogens is 231 g/mol. The summed E-state index contributed by atoms with van der Waals surface area (Å²) in [4.78, 5) is 10.2. The molecule has 54 valence electrons. The predicted octanol–water partition coefficient (Wildman–Crippen LogP) is 2.75. The molecule has 0 saturated heterocycles. The molecule has 0 bridgehead atoms. The molecule has 0 aliphatic heterocycles. The maximum absolute atomic E-state index is 10.2. The van der Waals surface area contributed by atoms with Gasteiger partial charge in [-0.15, -0.1) is 0 Å². The summed E-state index contributed by atoms with van der Waals surface area (Å²) in [6, 6.07) is 0. The van der Waals surface area contributed by atoms with Crippen LogP contribution in [-0.2, 0) is 4.74 Å². The van der Waals surface area contributed by atoms with Gasteiger partial charge in [0.1, 0.15) is 0 Å². The molecule has 0 aliphatic rings. The minimum atomic E-state index is -0.205. The van der Waals surface area contributed by atoms with Gasteiger partial charge in [-0.25, -0.2) is 4.79 Å². The SMILES string of the molecule is CCCCCOC(=O)I. The molecule has 0 saturated carbocycles. The van der Waals surface area contributed by atoms with Crippen LogP contribution in [0, 0.1) is 0 Å². The molecular formula is C6H11IO2. The van der Waals surface area contributed by atoms with E-state index in [1.54, 1.807) is 22.6 Å². The van der Waals surface area contributed by atoms with Gasteiger partial charge in [-0.3, -0.25) is 0 Å². The summed E-state index contributed by atoms with van der Waals surface area (Å²) in [5.74, 6) is 0. The van der Waals surface area contributed by atoms with Crippen molar-refractivity contribution < 1.29 is 9.53 Å². The van der Waals surface area contributed by atoms with E-state index in [0.717, 1.165) is 12.8 Å². The molecule has 0 aromatic heterocycles. The van der Waals surface area contributed by atoms with Crippen LogP contribution in [0.15, 0.2) is 0 Å². The zero-order valence-corrected chi connectivity index (χ0v) is 7.68. The van der Waals surface area contributed by atoms with Gasteiger partial charge in [-0.2, -0.15) is 0 Å². The van der Waals surface area contributed by atoms with Crippen LogP contribution in [-0.4, -0.2) is 10.6 Å². The zero-order chi connectivity index (χ0) is 7.11. The fourth-order valence-electron chi connectivity index (χ4n) is 0.504. The molecule has 0 N–H and O–H groups in total. The highest BCUT2D eigenvalue weighted by Gasteiger charge is 1.91. The summed E-state index contributed by atoms with van der Waals surface area (Å²) >= 11 is 1.63. The van der Waals surface area contributed by atoms with Crippen LogP contribution >= 0.6 is 22.6 Å². The number of carbonyl (C=O) groups is 1. The number of unbranched alkanes of at least 4 members (excludes halogenated alkanes) is 2. The lowest BCUT2D eigenvalue weighted by atomic mass is 10.3. The van der Waals surface area contributed by atoms with Crippen LogP contribution in [0.1, 0.15) is 26.2 Å². The highest BCUT2D eigenvalue weighted by Crippen LogP contribution is 1.97. The third-order valence-electron chi connectivity index (χ3n) is 0.963. The normalized spacial score (nSPS) is 9.11. The number of halogens is 1. The van der Waals surface area contributed by atoms with Crippen LogP contribution in [0.2, 0.25) is 0 Å². The van der Waals surface area contributed by atoms with Crippen molar-refractivity contribution in [3.05, 3.63) is 0 Å². The average Bonchev–Trinajstić information content (AvgIpc) is 1.80. The second-order valence-corrected chi connectivity index (χ2v) is 2.67. The zero-order valence-electron chi connectivity index (χ0n) is 5.52. The van der Waals surface area contributed by atoms with E-state index in [-0.39, 0.29) is 3.98 Å². The van der Waals surface area contributed by atoms with E-state index >= 15 is 0 Å². The standard InChI is InChI=1S/C6H11IO2/c1-2-3-4-5-9-6(7)8/h2-5H2,1H3. The first-order valence-corrected chi connectivity index (χ1v) is 4.17. The molecule has 0 atom stereocenters. The smallest absolute Gasteiger partial charge is 0.367 e. The van der Waals surface area contributed by atoms with E-state index in [2.05, 4.69) is 6.92 Å². The molecule has 0 spiro atoms. The number of hydrogen-bond acceptors (Lipinski definition) is 2. The summed E-state index contributed by atoms with van der Waals surface area (Å²) in [5.41, 5.74) is 0. The summed E-state index contributed by atoms with van der Waals surface area (Å²) < 4.78 is 4.49. The molecule has 0 rings (SSSR count). The molecule has 0 heterocycles. The fraction of sp³-hybridized carbons (Fsp3) is 0.833. The third kappa shape index (κ3) is 8.20. The highest BCUT2D eigenvalue weighted by molar-refractivity contribution is 14.1. The Kier molecular flexibility index (Phi) is 6.46. The summed E-state index contributed by atoms with van der Waals surface area (Å²) in [7, 11) is 0. The molecule has 0 aliphatic carbocycles. The van der Waals surface area contributed by atoms with E-state index in [4.69, 9.17) is 4.74 Å². The second kappa shape index (κ2) is 6.32. The lowest BCUT2D eigenvalue weighted by molar-refractivity contribution is 0.176. The molecule has 0 radical (unpaired) electrons. The number of hydrogen-bond donors (Lipinski definition) is 0. The Bertz CT molecular complexity index is 83.1. The van der Waals surface area contributed by atoms with Crippen LogP contribution in [0.5, 0.6) is 0 Å². The van der Waals surface area contributed by atoms with Crippen LogP contribution in [0.25, 0.3) is 0 Å². The Balaban J connectivity index is 2.83. The quantitative estimate of drug-likeness (QED) is 0.430. The van der Waals surface area contributed by atoms with Gasteiger partial charge >= 0.3 is 3.98 Å². The van der Waals surface area contributed by atoms with Crippen molar-refractivity contribution >= 4 is 26.6 Å². The van der Waals surface area contributed by atoms with Gasteiger partial charge in [0.15, 0.2) is 0 Å². The Hall–Kier alpha value is 0.200. The lowest BCUT2D eigenvalue weighted by Gasteiger charge is -1.97. The Labute approximate surface area is 69.1 Å². The monoisotopic (exact) mass is 242 g/mol. The number of rotatable bonds is 4. The van der Waals surface area contributed by atoms with Crippen molar-refractivity contribution in [2.75, 3.05) is 6.61 Å². The van der Waals surface area contributed by atoms with Crippen molar-refractivity contribution in [3.8, 4) is 0 Å². The van der Waals surface area contributed by atoms with E-state index in [1.807, 2.05) is 0 Å². The lowest BCUT2D eigenvalue weighted by Crippen LogP contribution is -1.94. The van der Waals surface area contributed by atoms with Crippen molar-refractivity contribution in [2.45, 2.75) is 26.2 Å². The van der Waals surface area contributed by atoms with Crippen LogP contribution in [0.3, 0.4) is 0 Å². The Morgan fingerprint density at radius 1 is 1.56 bits per heavy atom. The van der Waals surface area contributed by atoms with Gasteiger partial charge in [0, 0.05) is 0 Å². The molecule has 0 fully saturated rings. The summed E-state index contributed by atoms with van der Waals surface area (Å²) in [6.45, 7) is 2.70. The van der Waals surface area contributed by atoms with Gasteiger partial charge in [0.2, 0.25) is 0 Å². The second-order valence-electron chi connectivity index (χ2n) is 1.79. The topological polar surface area (TPSA) is 26.3 Å². The first-order chi connectivity index (χ1) is 4.27. The molecule has 0 amide bonds. The predicted molar refractivity (Wildman–Crippen MR) is 44.9 cm³/mol. The highest BCUT2D eigenvalue weighted by atomic mass is 127. The Morgan fingerprint density at radius 2 is 2.22 bits per heavy atom. The first kappa shape index (κ1) is 9.20. The number of carbonyl (C=O) groups excluding carboxylic acids is 1. The average molecular weight is 242 g/mol. The Morgan fingerprint density at radius 3 is 2.67 bits per heavy atom. The summed E-state index contributed by atoms with van der Waals surface area (Å²) in [5, 5.41) is 0. The number of ether oxygens (including phenoxy) is 1. The van der Waals surface area contributed by atoms with Crippen LogP contribution < -0.4 is 0 Å². The maximum atomic E-state index is 10.2. The molecule has 0 aromatic rings. The maximum Gasteiger partial charge on any atom is 0.367 e. The molecule has 0 unspecified atom stereocenters. The van der Waals surface area contributed by atoms with Crippen molar-refractivity contribution in [2.24, 2.45) is 0 Å². The van der Waals surface area contributed by atoms with E-state index < -0.39 is 0 Å². The molecule has 2 nitrogen and oxygen atoms in total. The van der Waals surface area contributed by atoms with Gasteiger partial charge in [-0.1, -0.05) is 19.8 Å². The van der Waals surface area contributed by atoms with Crippen molar-refractivity contribution in [3.63, 3.8) is 0 Å². The molecule has 0 aromatic carbocycles. The van der Waals surface area contributed by atoms with E-state index in [9.17, 15) is 4.79 Å². The molecule has 3 heteroatoms. The van der Waals surface area contributed by atoms with Crippen LogP contribution in [0.4, 0.5) is 4.79 Å². The van der Waals surface area contributed by atoms with Crippen molar-refractivity contribution in [1.82, 2.24) is 0 Å². The molecule has 9 heavy (non-hydrogen) atoms. The van der Waals surface area contributed by atoms with Gasteiger partial charge < -0.3 is 4.74 Å². The van der Waals surface area contributed by atoms with Crippen molar-refractivity contribution in [1.29, 1.82) is 0 Å². The fourth-order valence-corrected chi connectivity index (χ4v) is 0.725. The van der Waals surface area contributed by atoms with E-state index in [1.165, 1.54) is 6.42 Å². The van der Waals surface area contributed by atoms with Gasteiger partial charge in [0.05, 0.1) is 29.2 Å². The van der Waals surface area contributed by atoms with E-state index in [0.29, 0.717) is 6.61 Å².